The lowest BCUT2D eigenvalue weighted by atomic mass is 9.89. The summed E-state index contributed by atoms with van der Waals surface area (Å²) in [5, 5.41) is 7.77. The van der Waals surface area contributed by atoms with Gasteiger partial charge in [-0.05, 0) is 48.8 Å². The molecule has 2 fully saturated rings. The van der Waals surface area contributed by atoms with Gasteiger partial charge in [-0.1, -0.05) is 6.58 Å². The van der Waals surface area contributed by atoms with E-state index in [1.165, 1.54) is 30.6 Å². The number of fused-ring (bicyclic) bond motifs is 3. The van der Waals surface area contributed by atoms with Crippen molar-refractivity contribution >= 4 is 39.1 Å². The van der Waals surface area contributed by atoms with Crippen molar-refractivity contribution in [1.82, 2.24) is 24.6 Å². The average molecular weight is 677 g/mol. The lowest BCUT2D eigenvalue weighted by molar-refractivity contribution is -0.131. The van der Waals surface area contributed by atoms with Crippen LogP contribution in [0.1, 0.15) is 32.0 Å². The highest BCUT2D eigenvalue weighted by Gasteiger charge is 2.40. The zero-order valence-electron chi connectivity index (χ0n) is 27.2. The molecule has 10 nitrogen and oxygen atoms in total. The minimum Gasteiger partial charge on any atom is -0.490 e. The van der Waals surface area contributed by atoms with Gasteiger partial charge < -0.3 is 24.2 Å². The van der Waals surface area contributed by atoms with Gasteiger partial charge in [0.25, 0.3) is 0 Å². The Labute approximate surface area is 281 Å². The standard InChI is InChI=1S/C35H38F2N6O4S/c1-5-30(45)42-9-10-43-28(20(42)2)16-27(39-43)33-32(31-26(37)14-24(36)15-29(31)47-12-11-46-4)34-25(7-13-48-34)35(38-33)41-17-22-6-8-40(21(3)44)18-23(22)19-41/h5,7,13-16,20,22-23H,1,6,8-12,17-19H2,2-4H3. The SMILES string of the molecule is C=CC(=O)N1CCn2nc(-c3nc(N4CC5CCN(C(C)=O)CC5C4)c4ccsc4c3-c3c(F)cc(F)cc3OCCOC)cc2C1C. The van der Waals surface area contributed by atoms with Crippen molar-refractivity contribution < 1.29 is 27.8 Å². The summed E-state index contributed by atoms with van der Waals surface area (Å²) in [6, 6.07) is 5.67. The first kappa shape index (κ1) is 32.2. The quantitative estimate of drug-likeness (QED) is 0.179. The van der Waals surface area contributed by atoms with Gasteiger partial charge in [0.2, 0.25) is 11.8 Å². The van der Waals surface area contributed by atoms with Crippen LogP contribution in [-0.4, -0.2) is 89.4 Å². The Balaban J connectivity index is 1.41. The largest absolute Gasteiger partial charge is 0.490 e. The van der Waals surface area contributed by atoms with Crippen LogP contribution in [0.25, 0.3) is 32.6 Å². The van der Waals surface area contributed by atoms with Crippen molar-refractivity contribution in [2.45, 2.75) is 32.9 Å². The zero-order valence-corrected chi connectivity index (χ0v) is 28.1. The Bertz CT molecular complexity index is 1910. The van der Waals surface area contributed by atoms with Crippen LogP contribution in [0.5, 0.6) is 5.75 Å². The highest BCUT2D eigenvalue weighted by Crippen LogP contribution is 2.48. The second-order valence-electron chi connectivity index (χ2n) is 12.7. The minimum absolute atomic E-state index is 0.0478. The van der Waals surface area contributed by atoms with Crippen molar-refractivity contribution in [3.05, 3.63) is 59.6 Å². The number of carbonyl (C=O) groups is 2. The molecule has 48 heavy (non-hydrogen) atoms. The Hall–Kier alpha value is -4.36. The first-order valence-electron chi connectivity index (χ1n) is 16.2. The number of rotatable bonds is 8. The third kappa shape index (κ3) is 5.62. The summed E-state index contributed by atoms with van der Waals surface area (Å²) in [4.78, 5) is 36.1. The smallest absolute Gasteiger partial charge is 0.246 e. The van der Waals surface area contributed by atoms with Gasteiger partial charge in [0, 0.05) is 74.5 Å². The van der Waals surface area contributed by atoms with Gasteiger partial charge in [-0.2, -0.15) is 5.10 Å². The lowest BCUT2D eigenvalue weighted by Crippen LogP contribution is -2.42. The number of amides is 2. The number of hydrogen-bond acceptors (Lipinski definition) is 8. The van der Waals surface area contributed by atoms with Crippen molar-refractivity contribution in [2.75, 3.05) is 57.9 Å². The van der Waals surface area contributed by atoms with Gasteiger partial charge >= 0.3 is 0 Å². The number of likely N-dealkylation sites (tertiary alicyclic amines) is 1. The zero-order chi connectivity index (χ0) is 33.7. The van der Waals surface area contributed by atoms with E-state index in [1.54, 1.807) is 11.8 Å². The number of carbonyl (C=O) groups excluding carboxylic acids is 2. The third-order valence-corrected chi connectivity index (χ3v) is 10.8. The molecule has 2 saturated heterocycles. The molecule has 2 amide bonds. The molecule has 3 unspecified atom stereocenters. The van der Waals surface area contributed by atoms with Crippen LogP contribution in [0.15, 0.2) is 42.3 Å². The number of piperidine rings is 1. The summed E-state index contributed by atoms with van der Waals surface area (Å²) in [6.45, 7) is 11.5. The first-order valence-corrected chi connectivity index (χ1v) is 17.1. The molecule has 4 aromatic rings. The molecule has 0 saturated carbocycles. The van der Waals surface area contributed by atoms with E-state index >= 15 is 4.39 Å². The third-order valence-electron chi connectivity index (χ3n) is 9.91. The summed E-state index contributed by atoms with van der Waals surface area (Å²) in [5.74, 6) is -0.0586. The molecule has 7 rings (SSSR count). The predicted molar refractivity (Wildman–Crippen MR) is 180 cm³/mol. The van der Waals surface area contributed by atoms with E-state index in [-0.39, 0.29) is 42.4 Å². The summed E-state index contributed by atoms with van der Waals surface area (Å²) in [7, 11) is 1.53. The molecule has 3 atom stereocenters. The molecule has 1 aromatic carbocycles. The molecule has 3 aliphatic heterocycles. The summed E-state index contributed by atoms with van der Waals surface area (Å²) in [6.07, 6.45) is 2.23. The number of benzene rings is 1. The van der Waals surface area contributed by atoms with Crippen molar-refractivity contribution in [3.63, 3.8) is 0 Å². The van der Waals surface area contributed by atoms with Gasteiger partial charge in [0.15, 0.2) is 0 Å². The molecule has 0 radical (unpaired) electrons. The number of anilines is 1. The van der Waals surface area contributed by atoms with E-state index in [4.69, 9.17) is 19.6 Å². The molecular weight excluding hydrogens is 638 g/mol. The number of pyridine rings is 1. The number of nitrogens with zero attached hydrogens (tertiary/aromatic N) is 6. The molecule has 0 bridgehead atoms. The number of methoxy groups -OCH3 is 1. The highest BCUT2D eigenvalue weighted by molar-refractivity contribution is 7.18. The van der Waals surface area contributed by atoms with E-state index in [0.717, 1.165) is 53.7 Å². The Morgan fingerprint density at radius 1 is 1.08 bits per heavy atom. The minimum atomic E-state index is -0.774. The van der Waals surface area contributed by atoms with Crippen LogP contribution in [0.2, 0.25) is 0 Å². The van der Waals surface area contributed by atoms with Crippen LogP contribution >= 0.6 is 11.3 Å². The topological polar surface area (TPSA) is 93.0 Å². The van der Waals surface area contributed by atoms with E-state index in [2.05, 4.69) is 11.5 Å². The summed E-state index contributed by atoms with van der Waals surface area (Å²) < 4.78 is 44.5. The fourth-order valence-corrected chi connectivity index (χ4v) is 8.42. The monoisotopic (exact) mass is 676 g/mol. The van der Waals surface area contributed by atoms with E-state index in [0.29, 0.717) is 48.4 Å². The molecule has 6 heterocycles. The second kappa shape index (κ2) is 12.9. The molecule has 0 aliphatic carbocycles. The fourth-order valence-electron chi connectivity index (χ4n) is 7.47. The molecule has 3 aromatic heterocycles. The molecule has 13 heteroatoms. The predicted octanol–water partition coefficient (Wildman–Crippen LogP) is 5.52. The number of hydrogen-bond donors (Lipinski definition) is 0. The molecule has 252 valence electrons. The fraction of sp³-hybridized carbons (Fsp3) is 0.429. The van der Waals surface area contributed by atoms with Crippen molar-refractivity contribution in [2.24, 2.45) is 11.8 Å². The van der Waals surface area contributed by atoms with E-state index in [1.807, 2.05) is 34.0 Å². The van der Waals surface area contributed by atoms with Crippen molar-refractivity contribution in [1.29, 1.82) is 0 Å². The maximum atomic E-state index is 16.1. The Morgan fingerprint density at radius 3 is 2.67 bits per heavy atom. The van der Waals surface area contributed by atoms with Crippen LogP contribution in [0.3, 0.4) is 0 Å². The Kier molecular flexibility index (Phi) is 8.67. The first-order chi connectivity index (χ1) is 23.2. The van der Waals surface area contributed by atoms with Crippen LogP contribution in [0, 0.1) is 23.5 Å². The number of thiophene rings is 1. The van der Waals surface area contributed by atoms with Gasteiger partial charge in [-0.3, -0.25) is 14.3 Å². The normalized spacial score (nSPS) is 20.6. The van der Waals surface area contributed by atoms with Crippen LogP contribution in [-0.2, 0) is 20.9 Å². The molecular formula is C35H38F2N6O4S. The van der Waals surface area contributed by atoms with Gasteiger partial charge in [-0.25, -0.2) is 13.8 Å². The van der Waals surface area contributed by atoms with Crippen LogP contribution in [0.4, 0.5) is 14.6 Å². The summed E-state index contributed by atoms with van der Waals surface area (Å²) in [5.41, 5.74) is 2.35. The maximum Gasteiger partial charge on any atom is 0.246 e. The maximum absolute atomic E-state index is 16.1. The number of aromatic nitrogens is 3. The second-order valence-corrected chi connectivity index (χ2v) is 13.6. The van der Waals surface area contributed by atoms with E-state index in [9.17, 15) is 14.0 Å². The van der Waals surface area contributed by atoms with Crippen LogP contribution < -0.4 is 9.64 Å². The molecule has 0 N–H and O–H groups in total. The lowest BCUT2D eigenvalue weighted by Gasteiger charge is -2.33. The van der Waals surface area contributed by atoms with Gasteiger partial charge in [0.05, 0.1) is 30.5 Å². The van der Waals surface area contributed by atoms with Crippen molar-refractivity contribution in [3.8, 4) is 28.3 Å². The highest BCUT2D eigenvalue weighted by atomic mass is 32.1. The Morgan fingerprint density at radius 2 is 1.90 bits per heavy atom. The number of halogens is 2. The van der Waals surface area contributed by atoms with E-state index < -0.39 is 11.6 Å². The van der Waals surface area contributed by atoms with Gasteiger partial charge in [0.1, 0.15) is 41.2 Å². The molecule has 3 aliphatic rings. The molecule has 0 spiro atoms. The van der Waals surface area contributed by atoms with Gasteiger partial charge in [-0.15, -0.1) is 11.3 Å². The average Bonchev–Trinajstić information content (AvgIpc) is 3.82. The number of ether oxygens (including phenoxy) is 2. The summed E-state index contributed by atoms with van der Waals surface area (Å²) >= 11 is 1.45.